The Morgan fingerprint density at radius 3 is 2.81 bits per heavy atom. The summed E-state index contributed by atoms with van der Waals surface area (Å²) in [5.74, 6) is 6.01. The summed E-state index contributed by atoms with van der Waals surface area (Å²) in [7, 11) is 0. The lowest BCUT2D eigenvalue weighted by molar-refractivity contribution is 0.460. The lowest BCUT2D eigenvalue weighted by Crippen LogP contribution is -2.28. The maximum atomic E-state index is 13.6. The van der Waals surface area contributed by atoms with Crippen LogP contribution < -0.4 is 11.3 Å². The highest BCUT2D eigenvalue weighted by Gasteiger charge is 2.23. The summed E-state index contributed by atoms with van der Waals surface area (Å²) in [4.78, 5) is 0. The lowest BCUT2D eigenvalue weighted by atomic mass is 10.0. The van der Waals surface area contributed by atoms with Crippen molar-refractivity contribution in [1.29, 1.82) is 0 Å². The third-order valence-corrected chi connectivity index (χ3v) is 3.33. The van der Waals surface area contributed by atoms with Crippen LogP contribution in [0.4, 0.5) is 4.39 Å². The smallest absolute Gasteiger partial charge is 0.129 e. The van der Waals surface area contributed by atoms with Gasteiger partial charge in [0.15, 0.2) is 0 Å². The van der Waals surface area contributed by atoms with Crippen molar-refractivity contribution in [3.63, 3.8) is 0 Å². The van der Waals surface area contributed by atoms with Gasteiger partial charge in [-0.1, -0.05) is 30.5 Å². The van der Waals surface area contributed by atoms with Crippen LogP contribution in [0.25, 0.3) is 0 Å². The molecule has 1 atom stereocenters. The zero-order valence-electron chi connectivity index (χ0n) is 9.05. The van der Waals surface area contributed by atoms with Crippen LogP contribution in [0.1, 0.15) is 37.3 Å². The van der Waals surface area contributed by atoms with Gasteiger partial charge in [0.1, 0.15) is 5.82 Å². The molecule has 1 fully saturated rings. The third kappa shape index (κ3) is 2.94. The molecule has 2 nitrogen and oxygen atoms in total. The SMILES string of the molecule is NNC(CCC1CC1)c1ccc(Cl)cc1F. The van der Waals surface area contributed by atoms with Crippen LogP contribution in [-0.4, -0.2) is 0 Å². The van der Waals surface area contributed by atoms with E-state index in [1.807, 2.05) is 0 Å². The number of nitrogens with two attached hydrogens (primary N) is 1. The lowest BCUT2D eigenvalue weighted by Gasteiger charge is -2.16. The van der Waals surface area contributed by atoms with Crippen LogP contribution in [0.5, 0.6) is 0 Å². The van der Waals surface area contributed by atoms with Crippen molar-refractivity contribution in [3.8, 4) is 0 Å². The van der Waals surface area contributed by atoms with E-state index in [9.17, 15) is 4.39 Å². The zero-order valence-corrected chi connectivity index (χ0v) is 9.80. The normalized spacial score (nSPS) is 17.4. The van der Waals surface area contributed by atoms with Gasteiger partial charge in [0.05, 0.1) is 0 Å². The molecule has 0 aromatic heterocycles. The first kappa shape index (κ1) is 11.8. The van der Waals surface area contributed by atoms with E-state index in [0.717, 1.165) is 18.8 Å². The molecular formula is C12H16ClFN2. The summed E-state index contributed by atoms with van der Waals surface area (Å²) >= 11 is 5.71. The Morgan fingerprint density at radius 1 is 1.50 bits per heavy atom. The Bertz CT molecular complexity index is 366. The maximum absolute atomic E-state index is 13.6. The van der Waals surface area contributed by atoms with E-state index in [1.165, 1.54) is 18.9 Å². The van der Waals surface area contributed by atoms with E-state index in [0.29, 0.717) is 10.6 Å². The van der Waals surface area contributed by atoms with Crippen molar-refractivity contribution >= 4 is 11.6 Å². The second-order valence-corrected chi connectivity index (χ2v) is 4.84. The number of nitrogens with one attached hydrogen (secondary N) is 1. The largest absolute Gasteiger partial charge is 0.271 e. The summed E-state index contributed by atoms with van der Waals surface area (Å²) < 4.78 is 13.6. The van der Waals surface area contributed by atoms with Crippen LogP contribution >= 0.6 is 11.6 Å². The predicted molar refractivity (Wildman–Crippen MR) is 63.4 cm³/mol. The number of hydrogen-bond donors (Lipinski definition) is 2. The fourth-order valence-electron chi connectivity index (χ4n) is 1.92. The second kappa shape index (κ2) is 5.13. The molecule has 1 aliphatic carbocycles. The summed E-state index contributed by atoms with van der Waals surface area (Å²) in [6, 6.07) is 4.62. The molecule has 0 saturated heterocycles. The van der Waals surface area contributed by atoms with Crippen LogP contribution in [0.15, 0.2) is 18.2 Å². The van der Waals surface area contributed by atoms with Gasteiger partial charge in [-0.3, -0.25) is 11.3 Å². The van der Waals surface area contributed by atoms with E-state index in [1.54, 1.807) is 12.1 Å². The second-order valence-electron chi connectivity index (χ2n) is 4.41. The fraction of sp³-hybridized carbons (Fsp3) is 0.500. The predicted octanol–water partition coefficient (Wildman–Crippen LogP) is 3.17. The maximum Gasteiger partial charge on any atom is 0.129 e. The molecule has 0 amide bonds. The molecule has 88 valence electrons. The standard InChI is InChI=1S/C12H16ClFN2/c13-9-4-5-10(11(14)7-9)12(16-15)6-3-8-1-2-8/h4-5,7-8,12,16H,1-3,6,15H2. The van der Waals surface area contributed by atoms with Gasteiger partial charge < -0.3 is 0 Å². The molecule has 4 heteroatoms. The monoisotopic (exact) mass is 242 g/mol. The van der Waals surface area contributed by atoms with Crippen molar-refractivity contribution in [1.82, 2.24) is 5.43 Å². The van der Waals surface area contributed by atoms with Crippen molar-refractivity contribution in [2.24, 2.45) is 11.8 Å². The Morgan fingerprint density at radius 2 is 2.25 bits per heavy atom. The highest BCUT2D eigenvalue weighted by Crippen LogP contribution is 2.36. The summed E-state index contributed by atoms with van der Waals surface area (Å²) in [6.45, 7) is 0. The number of rotatable bonds is 5. The van der Waals surface area contributed by atoms with Gasteiger partial charge in [0.2, 0.25) is 0 Å². The summed E-state index contributed by atoms with van der Waals surface area (Å²) in [5.41, 5.74) is 3.28. The molecule has 0 bridgehead atoms. The van der Waals surface area contributed by atoms with E-state index in [2.05, 4.69) is 5.43 Å². The first-order valence-electron chi connectivity index (χ1n) is 5.62. The van der Waals surface area contributed by atoms with Crippen LogP contribution in [0.2, 0.25) is 5.02 Å². The Kier molecular flexibility index (Phi) is 3.79. The van der Waals surface area contributed by atoms with Crippen molar-refractivity contribution < 1.29 is 4.39 Å². The van der Waals surface area contributed by atoms with Gasteiger partial charge >= 0.3 is 0 Å². The molecule has 3 N–H and O–H groups in total. The van der Waals surface area contributed by atoms with E-state index in [4.69, 9.17) is 17.4 Å². The number of hydrazine groups is 1. The average molecular weight is 243 g/mol. The topological polar surface area (TPSA) is 38.0 Å². The minimum Gasteiger partial charge on any atom is -0.271 e. The third-order valence-electron chi connectivity index (χ3n) is 3.10. The molecule has 0 heterocycles. The first-order valence-corrected chi connectivity index (χ1v) is 5.99. The minimum atomic E-state index is -0.286. The zero-order chi connectivity index (χ0) is 11.5. The minimum absolute atomic E-state index is 0.113. The molecule has 1 aromatic rings. The summed E-state index contributed by atoms with van der Waals surface area (Å²) in [6.07, 6.45) is 4.59. The van der Waals surface area contributed by atoms with Crippen LogP contribution in [0, 0.1) is 11.7 Å². The number of hydrogen-bond acceptors (Lipinski definition) is 2. The van der Waals surface area contributed by atoms with E-state index < -0.39 is 0 Å². The molecule has 0 radical (unpaired) electrons. The fourth-order valence-corrected chi connectivity index (χ4v) is 2.08. The number of halogens is 2. The molecule has 1 unspecified atom stereocenters. The first-order chi connectivity index (χ1) is 7.70. The van der Waals surface area contributed by atoms with Crippen LogP contribution in [0.3, 0.4) is 0 Å². The molecule has 0 spiro atoms. The molecule has 16 heavy (non-hydrogen) atoms. The van der Waals surface area contributed by atoms with Gasteiger partial charge in [-0.2, -0.15) is 0 Å². The van der Waals surface area contributed by atoms with E-state index >= 15 is 0 Å². The Balaban J connectivity index is 2.05. The molecule has 1 saturated carbocycles. The van der Waals surface area contributed by atoms with Crippen LogP contribution in [-0.2, 0) is 0 Å². The average Bonchev–Trinajstić information content (AvgIpc) is 3.05. The number of benzene rings is 1. The Labute approximate surface area is 99.9 Å². The van der Waals surface area contributed by atoms with Crippen molar-refractivity contribution in [2.75, 3.05) is 0 Å². The Hall–Kier alpha value is -0.640. The van der Waals surface area contributed by atoms with Crippen molar-refractivity contribution in [2.45, 2.75) is 31.7 Å². The molecular weight excluding hydrogens is 227 g/mol. The van der Waals surface area contributed by atoms with Crippen molar-refractivity contribution in [3.05, 3.63) is 34.6 Å². The highest BCUT2D eigenvalue weighted by atomic mass is 35.5. The summed E-state index contributed by atoms with van der Waals surface area (Å²) in [5, 5.41) is 0.416. The van der Waals surface area contributed by atoms with E-state index in [-0.39, 0.29) is 11.9 Å². The molecule has 1 aromatic carbocycles. The van der Waals surface area contributed by atoms with Gasteiger partial charge in [-0.25, -0.2) is 4.39 Å². The molecule has 1 aliphatic rings. The van der Waals surface area contributed by atoms with Gasteiger partial charge in [-0.15, -0.1) is 0 Å². The highest BCUT2D eigenvalue weighted by molar-refractivity contribution is 6.30. The van der Waals surface area contributed by atoms with Gasteiger partial charge in [0.25, 0.3) is 0 Å². The van der Waals surface area contributed by atoms with Gasteiger partial charge in [-0.05, 0) is 30.9 Å². The molecule has 2 rings (SSSR count). The van der Waals surface area contributed by atoms with Gasteiger partial charge in [0, 0.05) is 16.6 Å². The quantitative estimate of drug-likeness (QED) is 0.615. The molecule has 0 aliphatic heterocycles.